The molecule has 0 aliphatic carbocycles. The van der Waals surface area contributed by atoms with Gasteiger partial charge in [-0.2, -0.15) is 0 Å². The van der Waals surface area contributed by atoms with Crippen LogP contribution in [0.2, 0.25) is 0 Å². The number of rotatable bonds is 3. The Balaban J connectivity index is 2.39. The predicted molar refractivity (Wildman–Crippen MR) is 61.8 cm³/mol. The summed E-state index contributed by atoms with van der Waals surface area (Å²) in [6, 6.07) is 0. The summed E-state index contributed by atoms with van der Waals surface area (Å²) in [6.45, 7) is 2.86. The number of amides is 2. The fourth-order valence-corrected chi connectivity index (χ4v) is 1.42. The summed E-state index contributed by atoms with van der Waals surface area (Å²) in [4.78, 5) is 22.9. The molecule has 1 atom stereocenters. The van der Waals surface area contributed by atoms with Gasteiger partial charge < -0.3 is 21.1 Å². The third kappa shape index (κ3) is 3.74. The van der Waals surface area contributed by atoms with E-state index >= 15 is 0 Å². The first kappa shape index (κ1) is 12.9. The van der Waals surface area contributed by atoms with E-state index in [1.54, 1.807) is 0 Å². The van der Waals surface area contributed by atoms with Gasteiger partial charge in [-0.25, -0.2) is 0 Å². The molecule has 4 N–H and O–H groups in total. The highest BCUT2D eigenvalue weighted by Gasteiger charge is 2.32. The largest absolute Gasteiger partial charge is 0.392 e. The number of hydrogen-bond acceptors (Lipinski definition) is 4. The number of nitrogens with two attached hydrogens (primary N) is 1. The van der Waals surface area contributed by atoms with Gasteiger partial charge in [-0.05, 0) is 13.3 Å². The summed E-state index contributed by atoms with van der Waals surface area (Å²) in [6.07, 6.45) is 0.696. The molecule has 0 radical (unpaired) electrons. The first-order valence-corrected chi connectivity index (χ1v) is 5.30. The molecule has 7 heteroatoms. The zero-order chi connectivity index (χ0) is 12.2. The Morgan fingerprint density at radius 2 is 2.19 bits per heavy atom. The summed E-state index contributed by atoms with van der Waals surface area (Å²) < 4.78 is 5.15. The van der Waals surface area contributed by atoms with Gasteiger partial charge in [0.2, 0.25) is 0 Å². The van der Waals surface area contributed by atoms with Crippen LogP contribution in [0.3, 0.4) is 0 Å². The predicted octanol–water partition coefficient (Wildman–Crippen LogP) is -1.32. The lowest BCUT2D eigenvalue weighted by Crippen LogP contribution is -2.52. The van der Waals surface area contributed by atoms with Crippen LogP contribution in [0, 0.1) is 0 Å². The van der Waals surface area contributed by atoms with Crippen LogP contribution >= 0.6 is 12.2 Å². The quantitative estimate of drug-likeness (QED) is 0.424. The molecule has 1 aliphatic heterocycles. The number of hydrogen-bond donors (Lipinski definition) is 3. The van der Waals surface area contributed by atoms with Crippen molar-refractivity contribution >= 4 is 29.0 Å². The van der Waals surface area contributed by atoms with Crippen molar-refractivity contribution in [1.29, 1.82) is 0 Å². The Hall–Kier alpha value is -1.21. The Morgan fingerprint density at radius 1 is 1.50 bits per heavy atom. The lowest BCUT2D eigenvalue weighted by Gasteiger charge is -2.22. The van der Waals surface area contributed by atoms with Gasteiger partial charge in [0, 0.05) is 6.61 Å². The van der Waals surface area contributed by atoms with Crippen molar-refractivity contribution in [2.24, 2.45) is 5.73 Å². The maximum Gasteiger partial charge on any atom is 0.309 e. The Kier molecular flexibility index (Phi) is 4.19. The minimum absolute atomic E-state index is 0.0226. The fourth-order valence-electron chi connectivity index (χ4n) is 1.34. The highest BCUT2D eigenvalue weighted by molar-refractivity contribution is 7.80. The van der Waals surface area contributed by atoms with Gasteiger partial charge in [-0.3, -0.25) is 9.59 Å². The van der Waals surface area contributed by atoms with Crippen molar-refractivity contribution in [3.63, 3.8) is 0 Å². The second kappa shape index (κ2) is 5.22. The first-order valence-electron chi connectivity index (χ1n) is 4.89. The normalized spacial score (nSPS) is 23.8. The summed E-state index contributed by atoms with van der Waals surface area (Å²) in [5.41, 5.74) is 4.73. The third-order valence-electron chi connectivity index (χ3n) is 2.26. The smallest absolute Gasteiger partial charge is 0.309 e. The average Bonchev–Trinajstić information content (AvgIpc) is 2.61. The maximum atomic E-state index is 11.5. The third-order valence-corrected chi connectivity index (χ3v) is 2.41. The van der Waals surface area contributed by atoms with E-state index < -0.39 is 17.4 Å². The Bertz CT molecular complexity index is 313. The van der Waals surface area contributed by atoms with Gasteiger partial charge in [0.25, 0.3) is 0 Å². The first-order chi connectivity index (χ1) is 7.43. The molecule has 0 spiro atoms. The molecular formula is C9H15N3O3S. The van der Waals surface area contributed by atoms with Crippen molar-refractivity contribution in [3.8, 4) is 0 Å². The summed E-state index contributed by atoms with van der Waals surface area (Å²) in [7, 11) is 0. The van der Waals surface area contributed by atoms with E-state index in [4.69, 9.17) is 10.5 Å². The van der Waals surface area contributed by atoms with Crippen LogP contribution in [0.5, 0.6) is 0 Å². The molecule has 1 saturated heterocycles. The van der Waals surface area contributed by atoms with E-state index in [-0.39, 0.29) is 11.5 Å². The number of carbonyl (C=O) groups is 2. The molecule has 6 nitrogen and oxygen atoms in total. The van der Waals surface area contributed by atoms with Crippen molar-refractivity contribution in [1.82, 2.24) is 10.6 Å². The molecule has 1 heterocycles. The zero-order valence-corrected chi connectivity index (χ0v) is 9.86. The molecule has 0 bridgehead atoms. The summed E-state index contributed by atoms with van der Waals surface area (Å²) in [5, 5.41) is 4.93. The Labute approximate surface area is 98.9 Å². The number of ether oxygens (including phenoxy) is 1. The highest BCUT2D eigenvalue weighted by atomic mass is 32.1. The maximum absolute atomic E-state index is 11.5. The molecule has 90 valence electrons. The summed E-state index contributed by atoms with van der Waals surface area (Å²) >= 11 is 4.58. The molecule has 0 saturated carbocycles. The lowest BCUT2D eigenvalue weighted by atomic mass is 10.0. The molecule has 0 aromatic heterocycles. The van der Waals surface area contributed by atoms with E-state index in [0.29, 0.717) is 19.6 Å². The molecule has 0 aromatic carbocycles. The molecular weight excluding hydrogens is 230 g/mol. The van der Waals surface area contributed by atoms with Crippen LogP contribution in [-0.4, -0.2) is 42.1 Å². The van der Waals surface area contributed by atoms with Gasteiger partial charge in [-0.15, -0.1) is 0 Å². The van der Waals surface area contributed by atoms with E-state index in [9.17, 15) is 9.59 Å². The molecule has 1 fully saturated rings. The van der Waals surface area contributed by atoms with E-state index in [0.717, 1.165) is 0 Å². The van der Waals surface area contributed by atoms with Crippen LogP contribution < -0.4 is 16.4 Å². The zero-order valence-electron chi connectivity index (χ0n) is 9.04. The standard InChI is InChI=1S/C9H15N3O3S/c1-9(2-3-15-5-9)12-8(14)7(13)11-4-6(10)16/h2-5H2,1H3,(H2,10,16)(H,11,13)(H,12,14). The van der Waals surface area contributed by atoms with Crippen molar-refractivity contribution in [2.45, 2.75) is 18.9 Å². The Morgan fingerprint density at radius 3 is 2.69 bits per heavy atom. The molecule has 2 amide bonds. The fraction of sp³-hybridized carbons (Fsp3) is 0.667. The second-order valence-corrected chi connectivity index (χ2v) is 4.49. The van der Waals surface area contributed by atoms with Crippen molar-refractivity contribution in [2.75, 3.05) is 19.8 Å². The van der Waals surface area contributed by atoms with Gasteiger partial charge in [0.05, 0.1) is 23.7 Å². The average molecular weight is 245 g/mol. The van der Waals surface area contributed by atoms with Gasteiger partial charge in [-0.1, -0.05) is 12.2 Å². The highest BCUT2D eigenvalue weighted by Crippen LogP contribution is 2.16. The minimum atomic E-state index is -0.735. The van der Waals surface area contributed by atoms with Crippen LogP contribution in [0.1, 0.15) is 13.3 Å². The number of carbonyl (C=O) groups excluding carboxylic acids is 2. The van der Waals surface area contributed by atoms with Gasteiger partial charge in [0.1, 0.15) is 0 Å². The van der Waals surface area contributed by atoms with Crippen LogP contribution in [0.25, 0.3) is 0 Å². The van der Waals surface area contributed by atoms with Gasteiger partial charge in [0.15, 0.2) is 0 Å². The molecule has 16 heavy (non-hydrogen) atoms. The monoisotopic (exact) mass is 245 g/mol. The number of nitrogens with one attached hydrogen (secondary N) is 2. The van der Waals surface area contributed by atoms with Crippen LogP contribution in [0.15, 0.2) is 0 Å². The van der Waals surface area contributed by atoms with Crippen LogP contribution in [-0.2, 0) is 14.3 Å². The molecule has 1 unspecified atom stereocenters. The molecule has 0 aromatic rings. The minimum Gasteiger partial charge on any atom is -0.392 e. The lowest BCUT2D eigenvalue weighted by molar-refractivity contribution is -0.140. The molecule has 1 aliphatic rings. The van der Waals surface area contributed by atoms with Gasteiger partial charge >= 0.3 is 11.8 Å². The van der Waals surface area contributed by atoms with E-state index in [2.05, 4.69) is 22.9 Å². The SMILES string of the molecule is CC1(NC(=O)C(=O)NCC(N)=S)CCOC1. The van der Waals surface area contributed by atoms with Crippen molar-refractivity contribution < 1.29 is 14.3 Å². The van der Waals surface area contributed by atoms with E-state index in [1.165, 1.54) is 0 Å². The topological polar surface area (TPSA) is 93.5 Å². The van der Waals surface area contributed by atoms with Crippen molar-refractivity contribution in [3.05, 3.63) is 0 Å². The second-order valence-electron chi connectivity index (χ2n) is 3.97. The summed E-state index contributed by atoms with van der Waals surface area (Å²) in [5.74, 6) is -1.43. The van der Waals surface area contributed by atoms with E-state index in [1.807, 2.05) is 6.92 Å². The van der Waals surface area contributed by atoms with Crippen LogP contribution in [0.4, 0.5) is 0 Å². The number of thiocarbonyl (C=S) groups is 1. The molecule has 1 rings (SSSR count).